The summed E-state index contributed by atoms with van der Waals surface area (Å²) in [6.07, 6.45) is 2.11. The molecule has 33 heavy (non-hydrogen) atoms. The van der Waals surface area contributed by atoms with Crippen molar-refractivity contribution in [2.75, 3.05) is 18.5 Å². The van der Waals surface area contributed by atoms with Crippen LogP contribution in [0.5, 0.6) is 11.5 Å². The average molecular weight is 442 g/mol. The second-order valence-electron chi connectivity index (χ2n) is 8.20. The van der Waals surface area contributed by atoms with Crippen LogP contribution in [0.2, 0.25) is 0 Å². The minimum atomic E-state index is -0.406. The van der Waals surface area contributed by atoms with Gasteiger partial charge in [0, 0.05) is 17.2 Å². The number of rotatable bonds is 5. The second kappa shape index (κ2) is 7.77. The quantitative estimate of drug-likeness (QED) is 0.486. The van der Waals surface area contributed by atoms with E-state index in [1.165, 1.54) is 0 Å². The predicted octanol–water partition coefficient (Wildman–Crippen LogP) is 3.87. The highest BCUT2D eigenvalue weighted by molar-refractivity contribution is 6.03. The minimum Gasteiger partial charge on any atom is -0.486 e. The van der Waals surface area contributed by atoms with Crippen molar-refractivity contribution in [3.63, 3.8) is 0 Å². The predicted molar refractivity (Wildman–Crippen MR) is 121 cm³/mol. The highest BCUT2D eigenvalue weighted by atomic mass is 16.6. The number of carbonyl (C=O) groups is 1. The van der Waals surface area contributed by atoms with Crippen molar-refractivity contribution in [3.8, 4) is 28.3 Å². The first kappa shape index (κ1) is 19.5. The highest BCUT2D eigenvalue weighted by Gasteiger charge is 2.32. The monoisotopic (exact) mass is 442 g/mol. The van der Waals surface area contributed by atoms with E-state index in [9.17, 15) is 4.79 Å². The van der Waals surface area contributed by atoms with Crippen LogP contribution in [0.4, 0.5) is 5.82 Å². The zero-order valence-corrected chi connectivity index (χ0v) is 18.0. The lowest BCUT2D eigenvalue weighted by Crippen LogP contribution is -2.16. The molecule has 0 saturated heterocycles. The topological polar surface area (TPSA) is 107 Å². The van der Waals surface area contributed by atoms with Crippen molar-refractivity contribution in [2.24, 2.45) is 0 Å². The molecule has 4 aromatic rings. The summed E-state index contributed by atoms with van der Waals surface area (Å²) < 4.78 is 13.1. The van der Waals surface area contributed by atoms with E-state index in [1.807, 2.05) is 55.5 Å². The number of amides is 1. The van der Waals surface area contributed by atoms with Crippen LogP contribution in [0.15, 0.2) is 48.5 Å². The summed E-state index contributed by atoms with van der Waals surface area (Å²) in [6, 6.07) is 15.4. The summed E-state index contributed by atoms with van der Waals surface area (Å²) in [5, 5.41) is 14.7. The van der Waals surface area contributed by atoms with E-state index in [4.69, 9.17) is 9.47 Å². The first-order valence-electron chi connectivity index (χ1n) is 11.0. The molecule has 6 rings (SSSR count). The molecule has 0 atom stereocenters. The van der Waals surface area contributed by atoms with Gasteiger partial charge in [-0.05, 0) is 49.6 Å². The van der Waals surface area contributed by atoms with Crippen LogP contribution >= 0.6 is 0 Å². The van der Waals surface area contributed by atoms with Gasteiger partial charge in [0.25, 0.3) is 5.91 Å². The SMILES string of the molecule is Cc1[nH]nc(NC(=O)c2nc(C3CC3)n(-c3ccccc3)n2)c1-c1ccc2c(c1)OCCO2. The summed E-state index contributed by atoms with van der Waals surface area (Å²) in [5.74, 6) is 2.66. The molecule has 1 aliphatic carbocycles. The lowest BCUT2D eigenvalue weighted by atomic mass is 10.0. The van der Waals surface area contributed by atoms with Gasteiger partial charge in [0.15, 0.2) is 17.3 Å². The Labute approximate surface area is 189 Å². The maximum absolute atomic E-state index is 13.1. The standard InChI is InChI=1S/C24H22N6O3/c1-14-20(16-9-10-18-19(13-16)33-12-11-32-18)21(28-27-14)26-24(31)22-25-23(15-7-8-15)30(29-22)17-5-3-2-4-6-17/h2-6,9-10,13,15H,7-8,11-12H2,1H3,(H2,26,27,28,31). The summed E-state index contributed by atoms with van der Waals surface area (Å²) >= 11 is 0. The largest absolute Gasteiger partial charge is 0.486 e. The molecule has 2 N–H and O–H groups in total. The number of para-hydroxylation sites is 1. The molecule has 9 heteroatoms. The third-order valence-corrected chi connectivity index (χ3v) is 5.79. The van der Waals surface area contributed by atoms with Crippen molar-refractivity contribution in [3.05, 3.63) is 65.9 Å². The Hall–Kier alpha value is -4.14. The maximum Gasteiger partial charge on any atom is 0.296 e. The molecule has 0 unspecified atom stereocenters. The minimum absolute atomic E-state index is 0.120. The highest BCUT2D eigenvalue weighted by Crippen LogP contribution is 2.40. The van der Waals surface area contributed by atoms with Gasteiger partial charge in [-0.3, -0.25) is 9.89 Å². The Morgan fingerprint density at radius 3 is 2.67 bits per heavy atom. The van der Waals surface area contributed by atoms with Crippen molar-refractivity contribution in [2.45, 2.75) is 25.7 Å². The van der Waals surface area contributed by atoms with E-state index in [1.54, 1.807) is 4.68 Å². The normalized spacial score (nSPS) is 14.8. The molecule has 0 spiro atoms. The molecular weight excluding hydrogens is 420 g/mol. The van der Waals surface area contributed by atoms with Crippen molar-refractivity contribution < 1.29 is 14.3 Å². The number of aryl methyl sites for hydroxylation is 1. The first-order valence-corrected chi connectivity index (χ1v) is 11.0. The Morgan fingerprint density at radius 2 is 1.88 bits per heavy atom. The Morgan fingerprint density at radius 1 is 1.09 bits per heavy atom. The van der Waals surface area contributed by atoms with Crippen molar-refractivity contribution in [1.29, 1.82) is 0 Å². The number of carbonyl (C=O) groups excluding carboxylic acids is 1. The molecule has 2 aliphatic rings. The summed E-state index contributed by atoms with van der Waals surface area (Å²) in [6.45, 7) is 2.94. The Bertz CT molecular complexity index is 1340. The van der Waals surface area contributed by atoms with Gasteiger partial charge in [0.1, 0.15) is 19.0 Å². The van der Waals surface area contributed by atoms with E-state index in [-0.39, 0.29) is 5.82 Å². The fraction of sp³-hybridized carbons (Fsp3) is 0.250. The molecule has 2 aromatic carbocycles. The Kier molecular flexibility index (Phi) is 4.60. The number of H-pyrrole nitrogens is 1. The van der Waals surface area contributed by atoms with Crippen LogP contribution in [0.3, 0.4) is 0 Å². The number of aromatic amines is 1. The molecule has 166 valence electrons. The fourth-order valence-corrected chi connectivity index (χ4v) is 4.02. The number of aromatic nitrogens is 5. The van der Waals surface area contributed by atoms with Crippen LogP contribution in [-0.2, 0) is 0 Å². The van der Waals surface area contributed by atoms with Crippen LogP contribution in [-0.4, -0.2) is 44.1 Å². The molecule has 3 heterocycles. The molecule has 0 radical (unpaired) electrons. The number of hydrogen-bond donors (Lipinski definition) is 2. The maximum atomic E-state index is 13.1. The average Bonchev–Trinajstić information content (AvgIpc) is 3.49. The fourth-order valence-electron chi connectivity index (χ4n) is 4.02. The molecular formula is C24H22N6O3. The van der Waals surface area contributed by atoms with E-state index < -0.39 is 5.91 Å². The number of anilines is 1. The van der Waals surface area contributed by atoms with Gasteiger partial charge in [-0.2, -0.15) is 5.10 Å². The van der Waals surface area contributed by atoms with E-state index in [0.29, 0.717) is 36.4 Å². The smallest absolute Gasteiger partial charge is 0.296 e. The molecule has 1 amide bonds. The number of fused-ring (bicyclic) bond motifs is 1. The van der Waals surface area contributed by atoms with E-state index in [0.717, 1.165) is 41.2 Å². The number of benzene rings is 2. The lowest BCUT2D eigenvalue weighted by Gasteiger charge is -2.19. The molecule has 1 aliphatic heterocycles. The zero-order chi connectivity index (χ0) is 22.4. The van der Waals surface area contributed by atoms with Gasteiger partial charge in [0.2, 0.25) is 5.82 Å². The number of nitrogens with zero attached hydrogens (tertiary/aromatic N) is 4. The van der Waals surface area contributed by atoms with Crippen LogP contribution in [0.1, 0.15) is 40.9 Å². The van der Waals surface area contributed by atoms with Gasteiger partial charge in [-0.15, -0.1) is 5.10 Å². The van der Waals surface area contributed by atoms with Crippen molar-refractivity contribution >= 4 is 11.7 Å². The van der Waals surface area contributed by atoms with Crippen LogP contribution in [0.25, 0.3) is 16.8 Å². The third kappa shape index (κ3) is 3.61. The van der Waals surface area contributed by atoms with Gasteiger partial charge in [-0.1, -0.05) is 24.3 Å². The molecule has 1 saturated carbocycles. The number of ether oxygens (including phenoxy) is 2. The van der Waals surface area contributed by atoms with Crippen LogP contribution < -0.4 is 14.8 Å². The Balaban J connectivity index is 1.31. The van der Waals surface area contributed by atoms with E-state index >= 15 is 0 Å². The summed E-state index contributed by atoms with van der Waals surface area (Å²) in [5.41, 5.74) is 3.36. The lowest BCUT2D eigenvalue weighted by molar-refractivity contribution is 0.101. The number of hydrogen-bond acceptors (Lipinski definition) is 6. The first-order chi connectivity index (χ1) is 16.2. The van der Waals surface area contributed by atoms with Gasteiger partial charge in [0.05, 0.1) is 5.69 Å². The second-order valence-corrected chi connectivity index (χ2v) is 8.20. The van der Waals surface area contributed by atoms with E-state index in [2.05, 4.69) is 25.6 Å². The molecule has 1 fully saturated rings. The third-order valence-electron chi connectivity index (χ3n) is 5.79. The van der Waals surface area contributed by atoms with Gasteiger partial charge < -0.3 is 14.8 Å². The van der Waals surface area contributed by atoms with Crippen molar-refractivity contribution in [1.82, 2.24) is 25.0 Å². The molecule has 0 bridgehead atoms. The molecule has 9 nitrogen and oxygen atoms in total. The number of nitrogens with one attached hydrogen (secondary N) is 2. The summed E-state index contributed by atoms with van der Waals surface area (Å²) in [4.78, 5) is 17.7. The molecule has 2 aromatic heterocycles. The van der Waals surface area contributed by atoms with Gasteiger partial charge in [-0.25, -0.2) is 9.67 Å². The summed E-state index contributed by atoms with van der Waals surface area (Å²) in [7, 11) is 0. The van der Waals surface area contributed by atoms with Gasteiger partial charge >= 0.3 is 0 Å². The van der Waals surface area contributed by atoms with Crippen LogP contribution in [0, 0.1) is 6.92 Å². The zero-order valence-electron chi connectivity index (χ0n) is 18.0.